The first-order valence-electron chi connectivity index (χ1n) is 13.3. The zero-order chi connectivity index (χ0) is 25.8. The van der Waals surface area contributed by atoms with E-state index >= 15 is 0 Å². The van der Waals surface area contributed by atoms with Gasteiger partial charge in [0.2, 0.25) is 0 Å². The molecular formula is C28H26N6O4. The fraction of sp³-hybridized carbons (Fsp3) is 0.357. The summed E-state index contributed by atoms with van der Waals surface area (Å²) in [5, 5.41) is 0. The van der Waals surface area contributed by atoms with Crippen molar-refractivity contribution in [2.45, 2.75) is 61.7 Å². The SMILES string of the molecule is O=c1n(-c2ccccc2)c(=O)n2n1[C@H]1[C@@H]3C=C[C@]1(n1c(=O)n(-c4ccccc4)c(=O)n13)C21CCCCCC1. The number of fused-ring (bicyclic) bond motifs is 4. The molecule has 0 N–H and O–H groups in total. The van der Waals surface area contributed by atoms with Gasteiger partial charge in [0.15, 0.2) is 0 Å². The minimum Gasteiger partial charge on any atom is -0.245 e. The van der Waals surface area contributed by atoms with E-state index in [4.69, 9.17) is 0 Å². The number of hydrogen-bond acceptors (Lipinski definition) is 4. The molecule has 2 aliphatic carbocycles. The first-order chi connectivity index (χ1) is 18.5. The van der Waals surface area contributed by atoms with Gasteiger partial charge in [0.05, 0.1) is 23.0 Å². The molecule has 2 bridgehead atoms. The maximum Gasteiger partial charge on any atom is 0.352 e. The van der Waals surface area contributed by atoms with Crippen molar-refractivity contribution in [1.82, 2.24) is 27.9 Å². The third-order valence-electron chi connectivity index (χ3n) is 9.28. The van der Waals surface area contributed by atoms with Gasteiger partial charge in [0.25, 0.3) is 0 Å². The molecule has 1 fully saturated rings. The van der Waals surface area contributed by atoms with E-state index in [0.29, 0.717) is 24.2 Å². The number of para-hydroxylation sites is 2. The predicted octanol–water partition coefficient (Wildman–Crippen LogP) is 2.04. The fourth-order valence-electron chi connectivity index (χ4n) is 7.91. The molecule has 4 heterocycles. The molecule has 1 spiro atoms. The van der Waals surface area contributed by atoms with E-state index in [1.54, 1.807) is 62.6 Å². The van der Waals surface area contributed by atoms with Gasteiger partial charge in [-0.05, 0) is 37.1 Å². The molecule has 2 aliphatic heterocycles. The Hall–Kier alpha value is -4.34. The first kappa shape index (κ1) is 21.7. The zero-order valence-electron chi connectivity index (χ0n) is 20.6. The highest BCUT2D eigenvalue weighted by molar-refractivity contribution is 5.39. The molecule has 10 nitrogen and oxygen atoms in total. The Labute approximate surface area is 215 Å². The molecule has 4 aliphatic rings. The van der Waals surface area contributed by atoms with Gasteiger partial charge in [0.1, 0.15) is 11.6 Å². The molecule has 3 atom stereocenters. The van der Waals surface area contributed by atoms with Crippen molar-refractivity contribution in [2.24, 2.45) is 0 Å². The average molecular weight is 511 g/mol. The first-order valence-corrected chi connectivity index (χ1v) is 13.3. The highest BCUT2D eigenvalue weighted by atomic mass is 16.2. The molecular weight excluding hydrogens is 484 g/mol. The van der Waals surface area contributed by atoms with Gasteiger partial charge in [-0.25, -0.2) is 47.0 Å². The Bertz CT molecular complexity index is 1880. The van der Waals surface area contributed by atoms with E-state index in [1.165, 1.54) is 13.8 Å². The number of rotatable bonds is 2. The standard InChI is InChI=1S/C28H26N6O4/c35-23-29(19-11-5-3-6-12-19)26(38)34-28-18-15-21(31(23)34)22(28)32-24(36)30(20-13-7-4-8-14-20)25(37)33(32)27(28)16-9-1-2-10-17-27/h3-8,11-15,18,21-22H,1-2,9-10,16-17H2/t21-,22-,28+/m0/s1. The summed E-state index contributed by atoms with van der Waals surface area (Å²) in [6.07, 6.45) is 8.99. The monoisotopic (exact) mass is 510 g/mol. The van der Waals surface area contributed by atoms with Crippen molar-refractivity contribution in [1.29, 1.82) is 0 Å². The molecule has 0 radical (unpaired) electrons. The summed E-state index contributed by atoms with van der Waals surface area (Å²) in [7, 11) is 0. The van der Waals surface area contributed by atoms with Crippen LogP contribution in [-0.2, 0) is 11.1 Å². The lowest BCUT2D eigenvalue weighted by Gasteiger charge is -2.42. The summed E-state index contributed by atoms with van der Waals surface area (Å²) in [6.45, 7) is 0. The van der Waals surface area contributed by atoms with E-state index < -0.39 is 45.9 Å². The molecule has 2 aromatic heterocycles. The number of benzene rings is 2. The molecule has 0 amide bonds. The smallest absolute Gasteiger partial charge is 0.245 e. The highest BCUT2D eigenvalue weighted by Crippen LogP contribution is 2.64. The summed E-state index contributed by atoms with van der Waals surface area (Å²) in [6, 6.07) is 16.7. The normalized spacial score (nSPS) is 25.9. The molecule has 8 rings (SSSR count). The summed E-state index contributed by atoms with van der Waals surface area (Å²) in [5.41, 5.74) is -2.57. The molecule has 38 heavy (non-hydrogen) atoms. The Morgan fingerprint density at radius 2 is 1.13 bits per heavy atom. The predicted molar refractivity (Wildman–Crippen MR) is 139 cm³/mol. The van der Waals surface area contributed by atoms with Gasteiger partial charge < -0.3 is 0 Å². The van der Waals surface area contributed by atoms with Crippen LogP contribution in [0.5, 0.6) is 0 Å². The van der Waals surface area contributed by atoms with Crippen molar-refractivity contribution < 1.29 is 0 Å². The summed E-state index contributed by atoms with van der Waals surface area (Å²) in [4.78, 5) is 56.2. The number of nitrogens with zero attached hydrogens (tertiary/aromatic N) is 6. The Morgan fingerprint density at radius 1 is 0.605 bits per heavy atom. The fourth-order valence-corrected chi connectivity index (χ4v) is 7.91. The van der Waals surface area contributed by atoms with Crippen LogP contribution in [-0.4, -0.2) is 27.9 Å². The highest BCUT2D eigenvalue weighted by Gasteiger charge is 2.73. The molecule has 0 unspecified atom stereocenters. The summed E-state index contributed by atoms with van der Waals surface area (Å²) in [5.74, 6) is 0. The molecule has 10 heteroatoms. The third kappa shape index (κ3) is 2.22. The minimum absolute atomic E-state index is 0.393. The molecule has 2 aromatic carbocycles. The lowest BCUT2D eigenvalue weighted by molar-refractivity contribution is 0.0955. The van der Waals surface area contributed by atoms with Crippen LogP contribution in [0.1, 0.15) is 50.6 Å². The Kier molecular flexibility index (Phi) is 4.09. The van der Waals surface area contributed by atoms with Crippen molar-refractivity contribution in [3.8, 4) is 11.4 Å². The third-order valence-corrected chi connectivity index (χ3v) is 9.28. The molecule has 4 aromatic rings. The van der Waals surface area contributed by atoms with Gasteiger partial charge in [-0.3, -0.25) is 0 Å². The quantitative estimate of drug-likeness (QED) is 0.386. The Balaban J connectivity index is 1.47. The van der Waals surface area contributed by atoms with E-state index in [0.717, 1.165) is 25.7 Å². The average Bonchev–Trinajstić information content (AvgIpc) is 3.59. The molecule has 0 saturated heterocycles. The second-order valence-corrected chi connectivity index (χ2v) is 10.9. The van der Waals surface area contributed by atoms with E-state index in [2.05, 4.69) is 0 Å². The van der Waals surface area contributed by atoms with E-state index in [1.807, 2.05) is 24.3 Å². The van der Waals surface area contributed by atoms with E-state index in [9.17, 15) is 19.2 Å². The van der Waals surface area contributed by atoms with Crippen molar-refractivity contribution in [3.63, 3.8) is 0 Å². The second kappa shape index (κ2) is 7.15. The van der Waals surface area contributed by atoms with Crippen LogP contribution in [0, 0.1) is 0 Å². The largest absolute Gasteiger partial charge is 0.352 e. The van der Waals surface area contributed by atoms with Gasteiger partial charge in [0, 0.05) is 0 Å². The number of hydrogen-bond donors (Lipinski definition) is 0. The van der Waals surface area contributed by atoms with Crippen LogP contribution in [0.3, 0.4) is 0 Å². The van der Waals surface area contributed by atoms with Crippen LogP contribution in [0.25, 0.3) is 11.4 Å². The minimum atomic E-state index is -1.02. The van der Waals surface area contributed by atoms with Crippen LogP contribution in [0.15, 0.2) is 92.0 Å². The number of aromatic nitrogens is 6. The van der Waals surface area contributed by atoms with Crippen molar-refractivity contribution >= 4 is 0 Å². The summed E-state index contributed by atoms with van der Waals surface area (Å²) >= 11 is 0. The topological polar surface area (TPSA) is 97.9 Å². The van der Waals surface area contributed by atoms with Gasteiger partial charge in [-0.1, -0.05) is 74.2 Å². The van der Waals surface area contributed by atoms with Crippen LogP contribution >= 0.6 is 0 Å². The van der Waals surface area contributed by atoms with Gasteiger partial charge in [-0.15, -0.1) is 0 Å². The van der Waals surface area contributed by atoms with Gasteiger partial charge in [-0.2, -0.15) is 0 Å². The lowest BCUT2D eigenvalue weighted by atomic mass is 9.71. The van der Waals surface area contributed by atoms with Crippen LogP contribution < -0.4 is 22.8 Å². The van der Waals surface area contributed by atoms with E-state index in [-0.39, 0.29) is 0 Å². The maximum absolute atomic E-state index is 14.2. The lowest BCUT2D eigenvalue weighted by Crippen LogP contribution is -2.57. The maximum atomic E-state index is 14.2. The molecule has 1 saturated carbocycles. The second-order valence-electron chi connectivity index (χ2n) is 10.9. The number of allylic oxidation sites excluding steroid dienone is 2. The zero-order valence-corrected chi connectivity index (χ0v) is 20.6. The van der Waals surface area contributed by atoms with Crippen molar-refractivity contribution in [3.05, 3.63) is 115 Å². The summed E-state index contributed by atoms with van der Waals surface area (Å²) < 4.78 is 8.77. The molecule has 192 valence electrons. The van der Waals surface area contributed by atoms with Crippen molar-refractivity contribution in [2.75, 3.05) is 0 Å². The van der Waals surface area contributed by atoms with Crippen LogP contribution in [0.2, 0.25) is 0 Å². The van der Waals surface area contributed by atoms with Gasteiger partial charge >= 0.3 is 22.8 Å². The Morgan fingerprint density at radius 3 is 1.71 bits per heavy atom. The van der Waals surface area contributed by atoms with Crippen LogP contribution in [0.4, 0.5) is 0 Å².